The number of rotatable bonds is 2. The van der Waals surface area contributed by atoms with E-state index in [2.05, 4.69) is 83.4 Å². The van der Waals surface area contributed by atoms with Crippen molar-refractivity contribution < 1.29 is 0 Å². The van der Waals surface area contributed by atoms with Gasteiger partial charge in [-0.1, -0.05) is 23.8 Å². The maximum absolute atomic E-state index is 3.37. The number of halogens is 1. The molecule has 1 N–H and O–H groups in total. The minimum Gasteiger partial charge on any atom is -0.355 e. The minimum absolute atomic E-state index is 1.13. The van der Waals surface area contributed by atoms with Gasteiger partial charge in [0.05, 0.1) is 0 Å². The average molecular weight is 309 g/mol. The molecule has 0 aliphatic carbocycles. The van der Waals surface area contributed by atoms with Crippen LogP contribution in [0.15, 0.2) is 48.5 Å². The lowest BCUT2D eigenvalue weighted by atomic mass is 10.2. The summed E-state index contributed by atoms with van der Waals surface area (Å²) in [7, 11) is 0. The van der Waals surface area contributed by atoms with E-state index in [1.165, 1.54) is 9.13 Å². The molecular weight excluding hydrogens is 297 g/mol. The summed E-state index contributed by atoms with van der Waals surface area (Å²) in [5, 5.41) is 3.37. The number of nitrogens with one attached hydrogen (secondary N) is 1. The monoisotopic (exact) mass is 309 g/mol. The maximum atomic E-state index is 3.37. The average Bonchev–Trinajstić information content (AvgIpc) is 2.22. The lowest BCUT2D eigenvalue weighted by molar-refractivity contribution is 1.45. The lowest BCUT2D eigenvalue weighted by Gasteiger charge is -2.06. The van der Waals surface area contributed by atoms with Crippen LogP contribution in [0.1, 0.15) is 5.56 Å². The van der Waals surface area contributed by atoms with E-state index in [1.807, 2.05) is 0 Å². The highest BCUT2D eigenvalue weighted by molar-refractivity contribution is 14.1. The van der Waals surface area contributed by atoms with Crippen LogP contribution in [-0.4, -0.2) is 0 Å². The second-order valence-corrected chi connectivity index (χ2v) is 4.75. The van der Waals surface area contributed by atoms with E-state index in [0.29, 0.717) is 0 Å². The van der Waals surface area contributed by atoms with Crippen LogP contribution < -0.4 is 5.32 Å². The van der Waals surface area contributed by atoms with Crippen molar-refractivity contribution in [2.24, 2.45) is 0 Å². The molecule has 2 aromatic carbocycles. The molecule has 0 bridgehead atoms. The first-order valence-electron chi connectivity index (χ1n) is 4.83. The summed E-state index contributed by atoms with van der Waals surface area (Å²) in [6.07, 6.45) is 0. The molecule has 0 saturated heterocycles. The van der Waals surface area contributed by atoms with E-state index in [0.717, 1.165) is 11.4 Å². The Morgan fingerprint density at radius 3 is 2.33 bits per heavy atom. The quantitative estimate of drug-likeness (QED) is 0.814. The van der Waals surface area contributed by atoms with Crippen LogP contribution in [0.3, 0.4) is 0 Å². The first-order chi connectivity index (χ1) is 7.24. The van der Waals surface area contributed by atoms with Gasteiger partial charge in [-0.25, -0.2) is 0 Å². The maximum Gasteiger partial charge on any atom is 0.0394 e. The van der Waals surface area contributed by atoms with Crippen LogP contribution in [0.5, 0.6) is 0 Å². The summed E-state index contributed by atoms with van der Waals surface area (Å²) in [5.41, 5.74) is 3.54. The molecule has 0 aliphatic rings. The Labute approximate surface area is 104 Å². The molecule has 2 rings (SSSR count). The predicted octanol–water partition coefficient (Wildman–Crippen LogP) is 4.34. The Bertz CT molecular complexity index is 448. The zero-order chi connectivity index (χ0) is 10.7. The summed E-state index contributed by atoms with van der Waals surface area (Å²) in [4.78, 5) is 0. The summed E-state index contributed by atoms with van der Waals surface area (Å²) < 4.78 is 1.24. The highest BCUT2D eigenvalue weighted by atomic mass is 127. The Hall–Kier alpha value is -1.03. The lowest BCUT2D eigenvalue weighted by Crippen LogP contribution is -1.90. The van der Waals surface area contributed by atoms with Crippen LogP contribution >= 0.6 is 22.6 Å². The van der Waals surface area contributed by atoms with Crippen LogP contribution in [0.25, 0.3) is 0 Å². The van der Waals surface area contributed by atoms with E-state index in [9.17, 15) is 0 Å². The standard InChI is InChI=1S/C13H12IN/c1-10-5-7-12(8-6-10)15-13-4-2-3-11(14)9-13/h2-9,15H,1H3. The SMILES string of the molecule is Cc1ccc(Nc2cccc(I)c2)cc1. The predicted molar refractivity (Wildman–Crippen MR) is 73.6 cm³/mol. The minimum atomic E-state index is 1.13. The molecule has 0 aromatic heterocycles. The molecule has 0 amide bonds. The molecule has 2 aromatic rings. The Kier molecular flexibility index (Phi) is 3.26. The highest BCUT2D eigenvalue weighted by Crippen LogP contribution is 2.18. The molecule has 0 fully saturated rings. The fourth-order valence-corrected chi connectivity index (χ4v) is 1.91. The van der Waals surface area contributed by atoms with Gasteiger partial charge < -0.3 is 5.32 Å². The van der Waals surface area contributed by atoms with Gasteiger partial charge in [-0.2, -0.15) is 0 Å². The van der Waals surface area contributed by atoms with Gasteiger partial charge in [0.1, 0.15) is 0 Å². The second kappa shape index (κ2) is 4.66. The zero-order valence-corrected chi connectivity index (χ0v) is 10.7. The molecule has 0 radical (unpaired) electrons. The van der Waals surface area contributed by atoms with Crippen LogP contribution in [0.4, 0.5) is 11.4 Å². The summed E-state index contributed by atoms with van der Waals surface area (Å²) >= 11 is 2.31. The van der Waals surface area contributed by atoms with E-state index in [4.69, 9.17) is 0 Å². The molecule has 76 valence electrons. The Balaban J connectivity index is 2.18. The van der Waals surface area contributed by atoms with Gasteiger partial charge in [-0.15, -0.1) is 0 Å². The van der Waals surface area contributed by atoms with Gasteiger partial charge >= 0.3 is 0 Å². The van der Waals surface area contributed by atoms with Crippen molar-refractivity contribution >= 4 is 34.0 Å². The van der Waals surface area contributed by atoms with Crippen LogP contribution in [0.2, 0.25) is 0 Å². The van der Waals surface area contributed by atoms with Crippen LogP contribution in [0, 0.1) is 10.5 Å². The molecule has 15 heavy (non-hydrogen) atoms. The number of anilines is 2. The van der Waals surface area contributed by atoms with Crippen molar-refractivity contribution in [3.05, 3.63) is 57.7 Å². The molecule has 1 nitrogen and oxygen atoms in total. The Morgan fingerprint density at radius 1 is 0.933 bits per heavy atom. The van der Waals surface area contributed by atoms with Gasteiger partial charge in [-0.3, -0.25) is 0 Å². The van der Waals surface area contributed by atoms with Crippen molar-refractivity contribution in [2.75, 3.05) is 5.32 Å². The van der Waals surface area contributed by atoms with Crippen molar-refractivity contribution in [2.45, 2.75) is 6.92 Å². The zero-order valence-electron chi connectivity index (χ0n) is 8.50. The summed E-state index contributed by atoms with van der Waals surface area (Å²) in [5.74, 6) is 0. The van der Waals surface area contributed by atoms with Crippen LogP contribution in [-0.2, 0) is 0 Å². The number of aryl methyl sites for hydroxylation is 1. The van der Waals surface area contributed by atoms with Crippen molar-refractivity contribution in [3.63, 3.8) is 0 Å². The normalized spacial score (nSPS) is 10.0. The van der Waals surface area contributed by atoms with Crippen molar-refractivity contribution in [3.8, 4) is 0 Å². The molecular formula is C13H12IN. The van der Waals surface area contributed by atoms with Crippen molar-refractivity contribution in [1.82, 2.24) is 0 Å². The van der Waals surface area contributed by atoms with Gasteiger partial charge in [0.2, 0.25) is 0 Å². The third kappa shape index (κ3) is 2.96. The Morgan fingerprint density at radius 2 is 1.67 bits per heavy atom. The summed E-state index contributed by atoms with van der Waals surface area (Å²) in [6.45, 7) is 2.09. The van der Waals surface area contributed by atoms with Gasteiger partial charge in [-0.05, 0) is 59.8 Å². The largest absolute Gasteiger partial charge is 0.355 e. The van der Waals surface area contributed by atoms with Gasteiger partial charge in [0.15, 0.2) is 0 Å². The second-order valence-electron chi connectivity index (χ2n) is 3.50. The molecule has 0 unspecified atom stereocenters. The molecule has 0 atom stereocenters. The highest BCUT2D eigenvalue weighted by Gasteiger charge is 1.94. The summed E-state index contributed by atoms with van der Waals surface area (Å²) in [6, 6.07) is 16.7. The van der Waals surface area contributed by atoms with Gasteiger partial charge in [0.25, 0.3) is 0 Å². The third-order valence-corrected chi connectivity index (χ3v) is 2.84. The fraction of sp³-hybridized carbons (Fsp3) is 0.0769. The van der Waals surface area contributed by atoms with E-state index in [-0.39, 0.29) is 0 Å². The smallest absolute Gasteiger partial charge is 0.0394 e. The fourth-order valence-electron chi connectivity index (χ4n) is 1.37. The molecule has 0 saturated carbocycles. The van der Waals surface area contributed by atoms with E-state index in [1.54, 1.807) is 0 Å². The van der Waals surface area contributed by atoms with E-state index >= 15 is 0 Å². The number of benzene rings is 2. The van der Waals surface area contributed by atoms with E-state index < -0.39 is 0 Å². The van der Waals surface area contributed by atoms with Gasteiger partial charge in [0, 0.05) is 14.9 Å². The first kappa shape index (κ1) is 10.5. The third-order valence-electron chi connectivity index (χ3n) is 2.16. The molecule has 2 heteroatoms. The molecule has 0 aliphatic heterocycles. The van der Waals surface area contributed by atoms with Crippen molar-refractivity contribution in [1.29, 1.82) is 0 Å². The molecule has 0 spiro atoms. The number of hydrogen-bond donors (Lipinski definition) is 1. The topological polar surface area (TPSA) is 12.0 Å². The number of hydrogen-bond acceptors (Lipinski definition) is 1. The first-order valence-corrected chi connectivity index (χ1v) is 5.91. The molecule has 0 heterocycles.